The Bertz CT molecular complexity index is 273. The maximum atomic E-state index is 5.43. The fraction of sp³-hybridized carbons (Fsp3) is 0.583. The molecule has 0 aliphatic rings. The number of nitrogens with one attached hydrogen (secondary N) is 1. The predicted molar refractivity (Wildman–Crippen MR) is 65.0 cm³/mol. The lowest BCUT2D eigenvalue weighted by Crippen LogP contribution is -2.04. The minimum Gasteiger partial charge on any atom is -0.370 e. The van der Waals surface area contributed by atoms with Gasteiger partial charge in [0.15, 0.2) is 0 Å². The summed E-state index contributed by atoms with van der Waals surface area (Å²) in [6.07, 6.45) is 4.81. The number of rotatable bonds is 7. The van der Waals surface area contributed by atoms with Gasteiger partial charge in [0.1, 0.15) is 5.82 Å². The molecule has 1 aromatic heterocycles. The van der Waals surface area contributed by atoms with Crippen molar-refractivity contribution in [3.05, 3.63) is 23.9 Å². The van der Waals surface area contributed by atoms with Crippen molar-refractivity contribution in [1.82, 2.24) is 4.98 Å². The second-order valence-electron chi connectivity index (χ2n) is 3.79. The van der Waals surface area contributed by atoms with Gasteiger partial charge in [0.05, 0.1) is 0 Å². The second-order valence-corrected chi connectivity index (χ2v) is 3.79. The van der Waals surface area contributed by atoms with Gasteiger partial charge >= 0.3 is 0 Å². The molecule has 0 aliphatic carbocycles. The monoisotopic (exact) mass is 207 g/mol. The summed E-state index contributed by atoms with van der Waals surface area (Å²) in [7, 11) is 0. The van der Waals surface area contributed by atoms with Crippen molar-refractivity contribution >= 4 is 5.82 Å². The van der Waals surface area contributed by atoms with Crippen LogP contribution in [-0.2, 0) is 0 Å². The van der Waals surface area contributed by atoms with Crippen LogP contribution in [0.5, 0.6) is 0 Å². The summed E-state index contributed by atoms with van der Waals surface area (Å²) in [6.45, 7) is 3.82. The molecule has 1 aromatic rings. The molecule has 1 rings (SSSR count). The molecular weight excluding hydrogens is 186 g/mol. The first-order valence-electron chi connectivity index (χ1n) is 5.70. The minimum atomic E-state index is 0.812. The van der Waals surface area contributed by atoms with Crippen LogP contribution >= 0.6 is 0 Å². The first-order valence-corrected chi connectivity index (χ1v) is 5.70. The summed E-state index contributed by atoms with van der Waals surface area (Å²) in [4.78, 5) is 4.38. The molecule has 0 saturated carbocycles. The van der Waals surface area contributed by atoms with E-state index in [1.54, 1.807) is 0 Å². The molecule has 3 N–H and O–H groups in total. The number of nitrogens with two attached hydrogens (primary N) is 1. The fourth-order valence-electron chi connectivity index (χ4n) is 1.48. The predicted octanol–water partition coefficient (Wildman–Crippen LogP) is 2.32. The molecule has 0 saturated heterocycles. The van der Waals surface area contributed by atoms with E-state index >= 15 is 0 Å². The van der Waals surface area contributed by atoms with Crippen LogP contribution in [0.3, 0.4) is 0 Å². The van der Waals surface area contributed by atoms with E-state index in [2.05, 4.69) is 10.3 Å². The van der Waals surface area contributed by atoms with Crippen LogP contribution in [-0.4, -0.2) is 18.1 Å². The van der Waals surface area contributed by atoms with E-state index in [0.29, 0.717) is 0 Å². The summed E-state index contributed by atoms with van der Waals surface area (Å²) < 4.78 is 0. The molecule has 0 atom stereocenters. The topological polar surface area (TPSA) is 50.9 Å². The SMILES string of the molecule is Cc1cccc(NCCCCCCN)n1. The third-order valence-corrected chi connectivity index (χ3v) is 2.33. The molecular formula is C12H21N3. The van der Waals surface area contributed by atoms with E-state index in [0.717, 1.165) is 31.0 Å². The van der Waals surface area contributed by atoms with Gasteiger partial charge < -0.3 is 11.1 Å². The molecule has 1 heterocycles. The first kappa shape index (κ1) is 12.0. The van der Waals surface area contributed by atoms with Crippen molar-refractivity contribution in [3.8, 4) is 0 Å². The Labute approximate surface area is 92.1 Å². The molecule has 0 radical (unpaired) electrons. The highest BCUT2D eigenvalue weighted by molar-refractivity contribution is 5.34. The highest BCUT2D eigenvalue weighted by Gasteiger charge is 1.93. The summed E-state index contributed by atoms with van der Waals surface area (Å²) in [6, 6.07) is 6.04. The Morgan fingerprint density at radius 1 is 1.20 bits per heavy atom. The summed E-state index contributed by atoms with van der Waals surface area (Å²) in [5, 5.41) is 3.32. The van der Waals surface area contributed by atoms with Crippen LogP contribution in [0.1, 0.15) is 31.4 Å². The summed E-state index contributed by atoms with van der Waals surface area (Å²) in [5.74, 6) is 0.980. The third-order valence-electron chi connectivity index (χ3n) is 2.33. The van der Waals surface area contributed by atoms with E-state index in [9.17, 15) is 0 Å². The summed E-state index contributed by atoms with van der Waals surface area (Å²) >= 11 is 0. The van der Waals surface area contributed by atoms with Gasteiger partial charge in [-0.1, -0.05) is 18.9 Å². The van der Waals surface area contributed by atoms with Crippen LogP contribution in [0.2, 0.25) is 0 Å². The lowest BCUT2D eigenvalue weighted by atomic mass is 10.2. The van der Waals surface area contributed by atoms with Gasteiger partial charge in [0.25, 0.3) is 0 Å². The molecule has 0 aromatic carbocycles. The number of aromatic nitrogens is 1. The second kappa shape index (κ2) is 7.23. The Balaban J connectivity index is 2.10. The zero-order valence-electron chi connectivity index (χ0n) is 9.50. The Morgan fingerprint density at radius 3 is 2.73 bits per heavy atom. The van der Waals surface area contributed by atoms with E-state index in [1.165, 1.54) is 19.3 Å². The van der Waals surface area contributed by atoms with Crippen molar-refractivity contribution in [2.45, 2.75) is 32.6 Å². The molecule has 0 unspecified atom stereocenters. The van der Waals surface area contributed by atoms with E-state index in [4.69, 9.17) is 5.73 Å². The molecule has 0 amide bonds. The largest absolute Gasteiger partial charge is 0.370 e. The Hall–Kier alpha value is -1.09. The molecule has 15 heavy (non-hydrogen) atoms. The Kier molecular flexibility index (Phi) is 5.78. The highest BCUT2D eigenvalue weighted by atomic mass is 15.0. The highest BCUT2D eigenvalue weighted by Crippen LogP contribution is 2.05. The van der Waals surface area contributed by atoms with Crippen molar-refractivity contribution < 1.29 is 0 Å². The van der Waals surface area contributed by atoms with Crippen molar-refractivity contribution in [2.75, 3.05) is 18.4 Å². The third kappa shape index (κ3) is 5.37. The average molecular weight is 207 g/mol. The van der Waals surface area contributed by atoms with Crippen LogP contribution in [0, 0.1) is 6.92 Å². The lowest BCUT2D eigenvalue weighted by molar-refractivity contribution is 0.661. The fourth-order valence-corrected chi connectivity index (χ4v) is 1.48. The zero-order chi connectivity index (χ0) is 10.9. The van der Waals surface area contributed by atoms with Gasteiger partial charge in [-0.2, -0.15) is 0 Å². The molecule has 3 nitrogen and oxygen atoms in total. The van der Waals surface area contributed by atoms with Crippen LogP contribution in [0.4, 0.5) is 5.82 Å². The molecule has 0 spiro atoms. The van der Waals surface area contributed by atoms with E-state index in [-0.39, 0.29) is 0 Å². The van der Waals surface area contributed by atoms with Crippen LogP contribution < -0.4 is 11.1 Å². The Morgan fingerprint density at radius 2 is 2.00 bits per heavy atom. The van der Waals surface area contributed by atoms with Crippen molar-refractivity contribution in [2.24, 2.45) is 5.73 Å². The first-order chi connectivity index (χ1) is 7.33. The van der Waals surface area contributed by atoms with Gasteiger partial charge in [-0.05, 0) is 38.4 Å². The number of hydrogen-bond acceptors (Lipinski definition) is 3. The standard InChI is InChI=1S/C12H21N3/c1-11-7-6-8-12(15-11)14-10-5-3-2-4-9-13/h6-8H,2-5,9-10,13H2,1H3,(H,14,15). The quantitative estimate of drug-likeness (QED) is 0.675. The lowest BCUT2D eigenvalue weighted by Gasteiger charge is -2.05. The number of anilines is 1. The van der Waals surface area contributed by atoms with Gasteiger partial charge in [0, 0.05) is 12.2 Å². The molecule has 0 bridgehead atoms. The zero-order valence-corrected chi connectivity index (χ0v) is 9.50. The summed E-state index contributed by atoms with van der Waals surface area (Å²) in [5.41, 5.74) is 6.48. The smallest absolute Gasteiger partial charge is 0.126 e. The number of hydrogen-bond donors (Lipinski definition) is 2. The van der Waals surface area contributed by atoms with Gasteiger partial charge in [-0.15, -0.1) is 0 Å². The van der Waals surface area contributed by atoms with Crippen molar-refractivity contribution in [3.63, 3.8) is 0 Å². The number of aryl methyl sites for hydroxylation is 1. The van der Waals surface area contributed by atoms with E-state index < -0.39 is 0 Å². The van der Waals surface area contributed by atoms with Crippen LogP contribution in [0.15, 0.2) is 18.2 Å². The maximum absolute atomic E-state index is 5.43. The average Bonchev–Trinajstić information content (AvgIpc) is 2.23. The minimum absolute atomic E-state index is 0.812. The normalized spacial score (nSPS) is 10.3. The molecule has 0 aliphatic heterocycles. The van der Waals surface area contributed by atoms with Crippen LogP contribution in [0.25, 0.3) is 0 Å². The molecule has 0 fully saturated rings. The van der Waals surface area contributed by atoms with Gasteiger partial charge in [-0.25, -0.2) is 4.98 Å². The number of nitrogens with zero attached hydrogens (tertiary/aromatic N) is 1. The van der Waals surface area contributed by atoms with E-state index in [1.807, 2.05) is 25.1 Å². The molecule has 84 valence electrons. The number of unbranched alkanes of at least 4 members (excludes halogenated alkanes) is 3. The molecule has 3 heteroatoms. The van der Waals surface area contributed by atoms with Gasteiger partial charge in [0.2, 0.25) is 0 Å². The van der Waals surface area contributed by atoms with Gasteiger partial charge in [-0.3, -0.25) is 0 Å². The van der Waals surface area contributed by atoms with Crippen molar-refractivity contribution in [1.29, 1.82) is 0 Å². The maximum Gasteiger partial charge on any atom is 0.126 e. The number of pyridine rings is 1.